The second kappa shape index (κ2) is 7.39. The van der Waals surface area contributed by atoms with Crippen molar-refractivity contribution in [3.05, 3.63) is 0 Å². The van der Waals surface area contributed by atoms with E-state index in [0.717, 1.165) is 19.5 Å². The smallest absolute Gasteiger partial charge is 0.236 e. The summed E-state index contributed by atoms with van der Waals surface area (Å²) < 4.78 is 0.326. The maximum Gasteiger partial charge on any atom is 0.236 e. The Morgan fingerprint density at radius 1 is 1.39 bits per heavy atom. The third-order valence-corrected chi connectivity index (χ3v) is 5.04. The van der Waals surface area contributed by atoms with Gasteiger partial charge in [-0.1, -0.05) is 13.8 Å². The molecular weight excluding hydrogens is 244 g/mol. The Labute approximate surface area is 116 Å². The zero-order valence-corrected chi connectivity index (χ0v) is 13.0. The van der Waals surface area contributed by atoms with Crippen LogP contribution in [0, 0.1) is 5.92 Å². The second-order valence-corrected chi connectivity index (χ2v) is 7.66. The Hall–Kier alpha value is -0.220. The summed E-state index contributed by atoms with van der Waals surface area (Å²) in [5, 5.41) is 6.36. The number of rotatable bonds is 7. The minimum absolute atomic E-state index is 0.0878. The lowest BCUT2D eigenvalue weighted by Gasteiger charge is -2.25. The lowest BCUT2D eigenvalue weighted by atomic mass is 10.1. The fourth-order valence-electron chi connectivity index (χ4n) is 2.08. The highest BCUT2D eigenvalue weighted by Crippen LogP contribution is 2.36. The van der Waals surface area contributed by atoms with Crippen molar-refractivity contribution >= 4 is 17.7 Å². The van der Waals surface area contributed by atoms with Gasteiger partial charge in [0.2, 0.25) is 5.91 Å². The Bertz CT molecular complexity index is 263. The minimum atomic E-state index is -0.0878. The highest BCUT2D eigenvalue weighted by atomic mass is 32.2. The van der Waals surface area contributed by atoms with Gasteiger partial charge in [-0.2, -0.15) is 11.8 Å². The van der Waals surface area contributed by atoms with Crippen LogP contribution in [-0.2, 0) is 4.79 Å². The zero-order valence-electron chi connectivity index (χ0n) is 12.2. The van der Waals surface area contributed by atoms with Gasteiger partial charge >= 0.3 is 0 Å². The van der Waals surface area contributed by atoms with Crippen LogP contribution in [0.25, 0.3) is 0 Å². The molecule has 1 amide bonds. The lowest BCUT2D eigenvalue weighted by molar-refractivity contribution is -0.122. The molecule has 0 aliphatic carbocycles. The molecule has 18 heavy (non-hydrogen) atoms. The van der Waals surface area contributed by atoms with Crippen molar-refractivity contribution in [2.75, 3.05) is 18.8 Å². The predicted octanol–water partition coefficient (Wildman–Crippen LogP) is 2.41. The molecule has 2 atom stereocenters. The maximum atomic E-state index is 11.9. The average molecular weight is 272 g/mol. The van der Waals surface area contributed by atoms with Crippen LogP contribution in [-0.4, -0.2) is 35.5 Å². The molecule has 0 aromatic heterocycles. The van der Waals surface area contributed by atoms with Crippen LogP contribution < -0.4 is 10.6 Å². The van der Waals surface area contributed by atoms with Crippen molar-refractivity contribution in [2.24, 2.45) is 5.92 Å². The zero-order chi connectivity index (χ0) is 13.6. The fourth-order valence-corrected chi connectivity index (χ4v) is 3.33. The normalized spacial score (nSPS) is 25.4. The Balaban J connectivity index is 2.19. The third-order valence-electron chi connectivity index (χ3n) is 3.50. The van der Waals surface area contributed by atoms with Gasteiger partial charge in [0.25, 0.3) is 0 Å². The molecule has 1 aliphatic rings. The fraction of sp³-hybridized carbons (Fsp3) is 0.929. The van der Waals surface area contributed by atoms with E-state index in [0.29, 0.717) is 10.7 Å². The molecule has 1 heterocycles. The molecule has 2 unspecified atom stereocenters. The molecule has 1 fully saturated rings. The van der Waals surface area contributed by atoms with Gasteiger partial charge in [0.15, 0.2) is 0 Å². The van der Waals surface area contributed by atoms with Gasteiger partial charge in [0.1, 0.15) is 0 Å². The summed E-state index contributed by atoms with van der Waals surface area (Å²) in [6, 6.07) is -0.0878. The van der Waals surface area contributed by atoms with E-state index in [2.05, 4.69) is 31.4 Å². The number of hydrogen-bond donors (Lipinski definition) is 2. The summed E-state index contributed by atoms with van der Waals surface area (Å²) in [6.07, 6.45) is 3.61. The summed E-state index contributed by atoms with van der Waals surface area (Å²) in [7, 11) is 0. The first-order valence-electron chi connectivity index (χ1n) is 7.08. The number of thioether (sulfide) groups is 1. The van der Waals surface area contributed by atoms with E-state index in [9.17, 15) is 4.79 Å². The quantitative estimate of drug-likeness (QED) is 0.748. The van der Waals surface area contributed by atoms with Crippen LogP contribution in [0.2, 0.25) is 0 Å². The van der Waals surface area contributed by atoms with Crippen molar-refractivity contribution in [3.63, 3.8) is 0 Å². The molecule has 1 rings (SSSR count). The average Bonchev–Trinajstić information content (AvgIpc) is 2.73. The second-order valence-electron chi connectivity index (χ2n) is 5.98. The van der Waals surface area contributed by atoms with Gasteiger partial charge in [-0.3, -0.25) is 4.79 Å². The molecule has 4 heteroatoms. The molecule has 106 valence electrons. The van der Waals surface area contributed by atoms with Gasteiger partial charge in [-0.15, -0.1) is 0 Å². The van der Waals surface area contributed by atoms with E-state index in [4.69, 9.17) is 0 Å². The summed E-state index contributed by atoms with van der Waals surface area (Å²) in [5.74, 6) is 2.03. The largest absolute Gasteiger partial charge is 0.355 e. The lowest BCUT2D eigenvalue weighted by Crippen LogP contribution is -2.46. The first kappa shape index (κ1) is 15.8. The highest BCUT2D eigenvalue weighted by molar-refractivity contribution is 8.00. The molecule has 0 radical (unpaired) electrons. The van der Waals surface area contributed by atoms with Gasteiger partial charge in [-0.05, 0) is 44.8 Å². The Kier molecular flexibility index (Phi) is 6.50. The molecule has 0 saturated carbocycles. The maximum absolute atomic E-state index is 11.9. The van der Waals surface area contributed by atoms with Crippen molar-refractivity contribution < 1.29 is 4.79 Å². The molecule has 1 saturated heterocycles. The summed E-state index contributed by atoms with van der Waals surface area (Å²) >= 11 is 2.03. The predicted molar refractivity (Wildman–Crippen MR) is 80.0 cm³/mol. The topological polar surface area (TPSA) is 41.1 Å². The van der Waals surface area contributed by atoms with E-state index >= 15 is 0 Å². The van der Waals surface area contributed by atoms with E-state index in [1.807, 2.05) is 18.7 Å². The third kappa shape index (κ3) is 5.61. The highest BCUT2D eigenvalue weighted by Gasteiger charge is 2.30. The van der Waals surface area contributed by atoms with Crippen LogP contribution in [0.1, 0.15) is 47.0 Å². The summed E-state index contributed by atoms with van der Waals surface area (Å²) in [4.78, 5) is 11.9. The summed E-state index contributed by atoms with van der Waals surface area (Å²) in [6.45, 7) is 10.3. The molecule has 0 aromatic carbocycles. The van der Waals surface area contributed by atoms with Crippen LogP contribution in [0.15, 0.2) is 0 Å². The number of hydrogen-bond acceptors (Lipinski definition) is 3. The standard InChI is InChI=1S/C14H28N2OS/c1-11(2)6-8-15-13(17)12(3)16-10-14(4)7-5-9-18-14/h11-12,16H,5-10H2,1-4H3,(H,15,17). The number of nitrogens with one attached hydrogen (secondary N) is 2. The minimum Gasteiger partial charge on any atom is -0.355 e. The SMILES string of the molecule is CC(C)CCNC(=O)C(C)NCC1(C)CCCS1. The van der Waals surface area contributed by atoms with Crippen molar-refractivity contribution in [2.45, 2.75) is 57.7 Å². The van der Waals surface area contributed by atoms with Gasteiger partial charge in [0, 0.05) is 17.8 Å². The molecule has 1 aliphatic heterocycles. The van der Waals surface area contributed by atoms with Gasteiger partial charge in [-0.25, -0.2) is 0 Å². The van der Waals surface area contributed by atoms with E-state index in [1.54, 1.807) is 0 Å². The van der Waals surface area contributed by atoms with Gasteiger partial charge in [0.05, 0.1) is 6.04 Å². The molecule has 0 bridgehead atoms. The van der Waals surface area contributed by atoms with Crippen LogP contribution in [0.4, 0.5) is 0 Å². The molecule has 3 nitrogen and oxygen atoms in total. The Morgan fingerprint density at radius 3 is 2.67 bits per heavy atom. The summed E-state index contributed by atoms with van der Waals surface area (Å²) in [5.41, 5.74) is 0. The molecule has 0 spiro atoms. The van der Waals surface area contributed by atoms with Crippen molar-refractivity contribution in [1.82, 2.24) is 10.6 Å². The number of carbonyl (C=O) groups excluding carboxylic acids is 1. The molecule has 0 aromatic rings. The molecular formula is C14H28N2OS. The van der Waals surface area contributed by atoms with Gasteiger partial charge < -0.3 is 10.6 Å². The van der Waals surface area contributed by atoms with Crippen LogP contribution >= 0.6 is 11.8 Å². The number of carbonyl (C=O) groups is 1. The first-order valence-corrected chi connectivity index (χ1v) is 8.06. The van der Waals surface area contributed by atoms with E-state index in [1.165, 1.54) is 18.6 Å². The number of amides is 1. The Morgan fingerprint density at radius 2 is 2.11 bits per heavy atom. The van der Waals surface area contributed by atoms with E-state index < -0.39 is 0 Å². The van der Waals surface area contributed by atoms with E-state index in [-0.39, 0.29) is 11.9 Å². The van der Waals surface area contributed by atoms with Crippen molar-refractivity contribution in [3.8, 4) is 0 Å². The first-order chi connectivity index (χ1) is 8.43. The van der Waals surface area contributed by atoms with Crippen LogP contribution in [0.5, 0.6) is 0 Å². The van der Waals surface area contributed by atoms with Crippen molar-refractivity contribution in [1.29, 1.82) is 0 Å². The molecule has 2 N–H and O–H groups in total. The van der Waals surface area contributed by atoms with Crippen LogP contribution in [0.3, 0.4) is 0 Å². The monoisotopic (exact) mass is 272 g/mol.